The number of hydrogen-bond acceptors (Lipinski definition) is 4. The molecular formula is C10H11N3S. The van der Waals surface area contributed by atoms with Crippen LogP contribution < -0.4 is 5.73 Å². The predicted molar refractivity (Wildman–Crippen MR) is 58.1 cm³/mol. The molecule has 3 nitrogen and oxygen atoms in total. The highest BCUT2D eigenvalue weighted by Gasteiger charge is 2.01. The van der Waals surface area contributed by atoms with E-state index in [-0.39, 0.29) is 0 Å². The SMILES string of the molecule is NCCc1cnc(-c2cccs2)nc1. The average Bonchev–Trinajstić information content (AvgIpc) is 2.72. The fraction of sp³-hybridized carbons (Fsp3) is 0.200. The monoisotopic (exact) mass is 205 g/mol. The summed E-state index contributed by atoms with van der Waals surface area (Å²) < 4.78 is 0. The van der Waals surface area contributed by atoms with Gasteiger partial charge in [-0.15, -0.1) is 11.3 Å². The number of aromatic nitrogens is 2. The van der Waals surface area contributed by atoms with E-state index in [4.69, 9.17) is 5.73 Å². The van der Waals surface area contributed by atoms with E-state index in [0.717, 1.165) is 22.7 Å². The van der Waals surface area contributed by atoms with Crippen LogP contribution in [-0.2, 0) is 6.42 Å². The lowest BCUT2D eigenvalue weighted by Gasteiger charge is -1.98. The second-order valence-electron chi connectivity index (χ2n) is 2.93. The Bertz CT molecular complexity index is 380. The molecule has 0 aromatic carbocycles. The summed E-state index contributed by atoms with van der Waals surface area (Å²) >= 11 is 1.65. The van der Waals surface area contributed by atoms with Gasteiger partial charge in [0.25, 0.3) is 0 Å². The van der Waals surface area contributed by atoms with Crippen LogP contribution in [0.1, 0.15) is 5.56 Å². The van der Waals surface area contributed by atoms with Crippen molar-refractivity contribution in [3.05, 3.63) is 35.5 Å². The van der Waals surface area contributed by atoms with Gasteiger partial charge in [0.1, 0.15) is 0 Å². The second-order valence-corrected chi connectivity index (χ2v) is 3.88. The van der Waals surface area contributed by atoms with Crippen molar-refractivity contribution in [2.75, 3.05) is 6.54 Å². The van der Waals surface area contributed by atoms with Crippen LogP contribution in [0.3, 0.4) is 0 Å². The number of thiophene rings is 1. The highest BCUT2D eigenvalue weighted by atomic mass is 32.1. The van der Waals surface area contributed by atoms with E-state index in [2.05, 4.69) is 9.97 Å². The third-order valence-electron chi connectivity index (χ3n) is 1.88. The lowest BCUT2D eigenvalue weighted by Crippen LogP contribution is -2.03. The topological polar surface area (TPSA) is 51.8 Å². The quantitative estimate of drug-likeness (QED) is 0.829. The van der Waals surface area contributed by atoms with Crippen LogP contribution in [0.2, 0.25) is 0 Å². The van der Waals surface area contributed by atoms with Gasteiger partial charge in [0.05, 0.1) is 4.88 Å². The number of nitrogens with two attached hydrogens (primary N) is 1. The largest absolute Gasteiger partial charge is 0.330 e. The van der Waals surface area contributed by atoms with Gasteiger partial charge in [0.2, 0.25) is 0 Å². The first-order chi connectivity index (χ1) is 6.90. The molecule has 0 saturated carbocycles. The molecule has 0 unspecified atom stereocenters. The summed E-state index contributed by atoms with van der Waals surface area (Å²) in [6.45, 7) is 0.641. The summed E-state index contributed by atoms with van der Waals surface area (Å²) in [7, 11) is 0. The number of hydrogen-bond donors (Lipinski definition) is 1. The van der Waals surface area contributed by atoms with Crippen LogP contribution in [0.5, 0.6) is 0 Å². The molecular weight excluding hydrogens is 194 g/mol. The lowest BCUT2D eigenvalue weighted by molar-refractivity contribution is 0.944. The van der Waals surface area contributed by atoms with Gasteiger partial charge in [-0.05, 0) is 30.0 Å². The Morgan fingerprint density at radius 1 is 1.29 bits per heavy atom. The molecule has 2 heterocycles. The van der Waals surface area contributed by atoms with Gasteiger partial charge < -0.3 is 5.73 Å². The molecule has 0 amide bonds. The molecule has 4 heteroatoms. The number of nitrogens with zero attached hydrogens (tertiary/aromatic N) is 2. The van der Waals surface area contributed by atoms with Crippen molar-refractivity contribution in [2.24, 2.45) is 5.73 Å². The summed E-state index contributed by atoms with van der Waals surface area (Å²) in [5.41, 5.74) is 6.53. The summed E-state index contributed by atoms with van der Waals surface area (Å²) in [5, 5.41) is 2.02. The second kappa shape index (κ2) is 4.30. The van der Waals surface area contributed by atoms with Gasteiger partial charge >= 0.3 is 0 Å². The van der Waals surface area contributed by atoms with Gasteiger partial charge in [0, 0.05) is 12.4 Å². The van der Waals surface area contributed by atoms with E-state index in [1.165, 1.54) is 0 Å². The van der Waals surface area contributed by atoms with Gasteiger partial charge in [-0.1, -0.05) is 6.07 Å². The lowest BCUT2D eigenvalue weighted by atomic mass is 10.2. The minimum atomic E-state index is 0.641. The Morgan fingerprint density at radius 3 is 2.64 bits per heavy atom. The van der Waals surface area contributed by atoms with Crippen LogP contribution in [0, 0.1) is 0 Å². The standard InChI is InChI=1S/C10H11N3S/c11-4-3-8-6-12-10(13-7-8)9-2-1-5-14-9/h1-2,5-7H,3-4,11H2. The maximum absolute atomic E-state index is 5.44. The maximum atomic E-state index is 5.44. The van der Waals surface area contributed by atoms with Gasteiger partial charge in [-0.25, -0.2) is 9.97 Å². The smallest absolute Gasteiger partial charge is 0.169 e. The molecule has 2 N–H and O–H groups in total. The van der Waals surface area contributed by atoms with E-state index < -0.39 is 0 Å². The first-order valence-corrected chi connectivity index (χ1v) is 5.33. The van der Waals surface area contributed by atoms with E-state index >= 15 is 0 Å². The molecule has 14 heavy (non-hydrogen) atoms. The zero-order valence-corrected chi connectivity index (χ0v) is 8.50. The minimum absolute atomic E-state index is 0.641. The summed E-state index contributed by atoms with van der Waals surface area (Å²) in [6.07, 6.45) is 4.52. The Kier molecular flexibility index (Phi) is 2.86. The third-order valence-corrected chi connectivity index (χ3v) is 2.75. The Balaban J connectivity index is 2.22. The van der Waals surface area contributed by atoms with Crippen LogP contribution in [0.25, 0.3) is 10.7 Å². The average molecular weight is 205 g/mol. The van der Waals surface area contributed by atoms with Crippen molar-refractivity contribution in [1.29, 1.82) is 0 Å². The van der Waals surface area contributed by atoms with Crippen molar-refractivity contribution in [3.63, 3.8) is 0 Å². The van der Waals surface area contributed by atoms with Crippen molar-refractivity contribution in [2.45, 2.75) is 6.42 Å². The fourth-order valence-corrected chi connectivity index (χ4v) is 1.86. The molecule has 0 spiro atoms. The Labute approximate surface area is 86.6 Å². The molecule has 0 bridgehead atoms. The Hall–Kier alpha value is -1.26. The molecule has 0 aliphatic carbocycles. The summed E-state index contributed by atoms with van der Waals surface area (Å²) in [6, 6.07) is 4.01. The molecule has 0 saturated heterocycles. The normalized spacial score (nSPS) is 10.4. The van der Waals surface area contributed by atoms with Crippen molar-refractivity contribution in [3.8, 4) is 10.7 Å². The zero-order valence-electron chi connectivity index (χ0n) is 7.68. The van der Waals surface area contributed by atoms with E-state index in [9.17, 15) is 0 Å². The van der Waals surface area contributed by atoms with Crippen molar-refractivity contribution < 1.29 is 0 Å². The molecule has 0 aliphatic heterocycles. The first kappa shape index (κ1) is 9.30. The third kappa shape index (κ3) is 1.97. The molecule has 0 atom stereocenters. The van der Waals surface area contributed by atoms with Gasteiger partial charge in [-0.3, -0.25) is 0 Å². The minimum Gasteiger partial charge on any atom is -0.330 e. The molecule has 0 fully saturated rings. The van der Waals surface area contributed by atoms with E-state index in [1.54, 1.807) is 11.3 Å². The summed E-state index contributed by atoms with van der Waals surface area (Å²) in [5.74, 6) is 0.792. The molecule has 72 valence electrons. The molecule has 2 aromatic rings. The van der Waals surface area contributed by atoms with Crippen molar-refractivity contribution in [1.82, 2.24) is 9.97 Å². The zero-order chi connectivity index (χ0) is 9.80. The Morgan fingerprint density at radius 2 is 2.07 bits per heavy atom. The maximum Gasteiger partial charge on any atom is 0.169 e. The van der Waals surface area contributed by atoms with Crippen LogP contribution in [-0.4, -0.2) is 16.5 Å². The van der Waals surface area contributed by atoms with Crippen LogP contribution in [0.4, 0.5) is 0 Å². The molecule has 2 rings (SSSR count). The highest BCUT2D eigenvalue weighted by molar-refractivity contribution is 7.13. The van der Waals surface area contributed by atoms with E-state index in [1.807, 2.05) is 29.9 Å². The van der Waals surface area contributed by atoms with Crippen LogP contribution >= 0.6 is 11.3 Å². The van der Waals surface area contributed by atoms with Gasteiger partial charge in [-0.2, -0.15) is 0 Å². The number of rotatable bonds is 3. The van der Waals surface area contributed by atoms with Crippen molar-refractivity contribution >= 4 is 11.3 Å². The van der Waals surface area contributed by atoms with Gasteiger partial charge in [0.15, 0.2) is 5.82 Å². The fourth-order valence-electron chi connectivity index (χ4n) is 1.18. The highest BCUT2D eigenvalue weighted by Crippen LogP contribution is 2.19. The summed E-state index contributed by atoms with van der Waals surface area (Å²) in [4.78, 5) is 9.67. The molecule has 0 aliphatic rings. The first-order valence-electron chi connectivity index (χ1n) is 4.45. The molecule has 2 aromatic heterocycles. The van der Waals surface area contributed by atoms with E-state index in [0.29, 0.717) is 6.54 Å². The predicted octanol–water partition coefficient (Wildman–Crippen LogP) is 1.71. The van der Waals surface area contributed by atoms with Crippen LogP contribution in [0.15, 0.2) is 29.9 Å². The molecule has 0 radical (unpaired) electrons.